The van der Waals surface area contributed by atoms with Crippen molar-refractivity contribution in [3.8, 4) is 23.0 Å². The summed E-state index contributed by atoms with van der Waals surface area (Å²) >= 11 is 4.94. The van der Waals surface area contributed by atoms with E-state index in [-0.39, 0.29) is 218 Å². The standard InChI is InChI=1S/C67H90FN15O14S/c1-43(84)11-6-22-54(85)69-23-4-2-12-44-41-82-35-29-74-61(92)48-16-7-14-46(55(48)86)59(90)70-25-31-80(33-27-72-63(94)50-18-9-20-52(57(50)88)65(96)77-44)37-38-81-32-26-71-60(91)47-15-8-17-49(56(47)87)62(93)75-30-36-83(40-39-82)42-45(13-3-5-24-76-67(98)79-68)78-66(97)53-21-10-19-51(58(53)89)64(95)73-28-34-81/h7-10,14-21,44-45,86-89H,2-6,11-13,22-42H2,1H3,(H,69,85)(H,70,90)(H,71,91)(H,72,94)(H,73,95)(H,74,92)(H,75,93)(H,77,96)(H,78,97)(H2,76,79,98). The van der Waals surface area contributed by atoms with E-state index in [9.17, 15) is 72.9 Å². The number of halogens is 1. The lowest BCUT2D eigenvalue weighted by atomic mass is 10.0. The van der Waals surface area contributed by atoms with Gasteiger partial charge >= 0.3 is 0 Å². The molecule has 6 atom stereocenters. The van der Waals surface area contributed by atoms with Crippen molar-refractivity contribution in [2.45, 2.75) is 76.8 Å². The van der Waals surface area contributed by atoms with Gasteiger partial charge < -0.3 is 78.4 Å². The van der Waals surface area contributed by atoms with E-state index in [0.29, 0.717) is 32.1 Å². The number of para-hydroxylation sites is 4. The third-order valence-corrected chi connectivity index (χ3v) is 17.3. The van der Waals surface area contributed by atoms with Gasteiger partial charge in [-0.2, -0.15) is 5.54 Å². The van der Waals surface area contributed by atoms with Crippen molar-refractivity contribution >= 4 is 76.3 Å². The van der Waals surface area contributed by atoms with Gasteiger partial charge in [-0.25, -0.2) is 0 Å². The second-order valence-corrected chi connectivity index (χ2v) is 24.6. The maximum atomic E-state index is 14.6. The number of phenolic OH excluding ortho intramolecular Hbond substituents is 4. The number of nitrogens with zero attached hydrogens (tertiary/aromatic N) is 4. The van der Waals surface area contributed by atoms with Crippen molar-refractivity contribution in [3.63, 3.8) is 0 Å². The minimum atomic E-state index is -0.751. The molecule has 0 saturated carbocycles. The Labute approximate surface area is 573 Å². The molecule has 31 heteroatoms. The number of ketones is 1. The zero-order chi connectivity index (χ0) is 70.5. The van der Waals surface area contributed by atoms with Crippen LogP contribution in [0.15, 0.2) is 72.8 Å². The number of hydrogen-bond donors (Lipinski definition) is 15. The maximum absolute atomic E-state index is 14.6. The third kappa shape index (κ3) is 23.3. The fraction of sp³-hybridized carbons (Fsp3) is 0.478. The van der Waals surface area contributed by atoms with E-state index < -0.39 is 82.3 Å². The average molecular weight is 1380 g/mol. The van der Waals surface area contributed by atoms with Gasteiger partial charge in [-0.05, 0) is 113 Å². The van der Waals surface area contributed by atoms with Crippen molar-refractivity contribution in [1.29, 1.82) is 0 Å². The summed E-state index contributed by atoms with van der Waals surface area (Å²) in [6, 6.07) is 15.3. The zero-order valence-electron chi connectivity index (χ0n) is 55.0. The molecule has 0 spiro atoms. The van der Waals surface area contributed by atoms with Crippen LogP contribution < -0.4 is 58.7 Å². The topological polar surface area (TPSA) is 397 Å². The van der Waals surface area contributed by atoms with Crippen molar-refractivity contribution in [1.82, 2.24) is 78.3 Å². The molecule has 0 aromatic heterocycles. The van der Waals surface area contributed by atoms with E-state index >= 15 is 0 Å². The largest absolute Gasteiger partial charge is 0.506 e. The molecule has 530 valence electrons. The molecular formula is C67H90FN15O14S. The predicted molar refractivity (Wildman–Crippen MR) is 365 cm³/mol. The van der Waals surface area contributed by atoms with Gasteiger partial charge in [-0.1, -0.05) is 24.3 Å². The van der Waals surface area contributed by atoms with Crippen molar-refractivity contribution in [2.75, 3.05) is 131 Å². The van der Waals surface area contributed by atoms with E-state index in [2.05, 4.69) is 53.2 Å². The van der Waals surface area contributed by atoms with Crippen molar-refractivity contribution < 1.29 is 72.9 Å². The number of fused-ring (bicyclic) bond motifs is 16. The van der Waals surface area contributed by atoms with Gasteiger partial charge in [0.15, 0.2) is 5.11 Å². The minimum absolute atomic E-state index is 0.0172. The summed E-state index contributed by atoms with van der Waals surface area (Å²) in [6.45, 7) is 3.12. The lowest BCUT2D eigenvalue weighted by Crippen LogP contribution is -2.50. The molecule has 8 rings (SSSR count). The Bertz CT molecular complexity index is 3490. The van der Waals surface area contributed by atoms with Crippen LogP contribution in [-0.4, -0.2) is 247 Å². The molecule has 98 heavy (non-hydrogen) atoms. The number of thiocarbonyl (C=S) groups is 1. The number of phenols is 4. The highest BCUT2D eigenvalue weighted by molar-refractivity contribution is 7.80. The lowest BCUT2D eigenvalue weighted by molar-refractivity contribution is -0.121. The molecule has 0 radical (unpaired) electrons. The number of unbranched alkanes of at least 4 members (excludes halogenated alkanes) is 2. The third-order valence-electron chi connectivity index (χ3n) is 17.1. The molecule has 4 aromatic carbocycles. The number of Topliss-reactive ketones (excluding diaryl/α,β-unsaturated/α-hetero) is 1. The number of benzene rings is 4. The van der Waals surface area contributed by atoms with Gasteiger partial charge in [0.1, 0.15) is 28.8 Å². The van der Waals surface area contributed by atoms with Crippen LogP contribution in [0, 0.1) is 0 Å². The van der Waals surface area contributed by atoms with E-state index in [1.54, 1.807) is 0 Å². The van der Waals surface area contributed by atoms with Gasteiger partial charge in [0, 0.05) is 156 Å². The molecule has 15 N–H and O–H groups in total. The van der Waals surface area contributed by atoms with E-state index in [1.165, 1.54) is 85.3 Å². The highest BCUT2D eigenvalue weighted by Crippen LogP contribution is 2.27. The summed E-state index contributed by atoms with van der Waals surface area (Å²) in [5.41, 5.74) is -0.191. The normalized spacial score (nSPS) is 21.0. The van der Waals surface area contributed by atoms with Crippen LogP contribution in [0.3, 0.4) is 0 Å². The first-order valence-corrected chi connectivity index (χ1v) is 33.5. The SMILES string of the molecule is CC(=O)CCCC(=O)NCCCCC1CN2CCNC(=O)c3cccc(c3O)C(=O)NCCN(CCNC(=O)c3cccc(c3O)C(=O)N1)CCN1CCNC(=O)c3cccc(c3O)C(=O)NCCN(CC2)CC(CCCCNC(=S)NF)NC(=O)c2cccc(c2O)C(=O)NCC1. The van der Waals surface area contributed by atoms with Gasteiger partial charge in [-0.15, -0.1) is 4.48 Å². The number of hydrogen-bond acceptors (Lipinski definition) is 19. The fourth-order valence-electron chi connectivity index (χ4n) is 11.7. The van der Waals surface area contributed by atoms with E-state index in [0.717, 1.165) is 0 Å². The molecule has 4 aliphatic heterocycles. The zero-order valence-corrected chi connectivity index (χ0v) is 55.9. The van der Waals surface area contributed by atoms with Gasteiger partial charge in [0.25, 0.3) is 47.3 Å². The summed E-state index contributed by atoms with van der Waals surface area (Å²) in [5.74, 6) is -8.28. The summed E-state index contributed by atoms with van der Waals surface area (Å²) in [5, 5.41) is 75.2. The average Bonchev–Trinajstić information content (AvgIpc) is 0.850. The molecule has 4 aliphatic rings. The van der Waals surface area contributed by atoms with Crippen LogP contribution in [0.4, 0.5) is 4.48 Å². The Kier molecular flexibility index (Phi) is 30.2. The molecule has 0 saturated heterocycles. The van der Waals surface area contributed by atoms with Gasteiger partial charge in [0.05, 0.1) is 44.5 Å². The second kappa shape index (κ2) is 39.0. The number of aromatic hydroxyl groups is 4. The quantitative estimate of drug-likeness (QED) is 0.0476. The first-order chi connectivity index (χ1) is 47.2. The Morgan fingerprint density at radius 1 is 0.418 bits per heavy atom. The first kappa shape index (κ1) is 75.8. The lowest BCUT2D eigenvalue weighted by Gasteiger charge is -2.33. The van der Waals surface area contributed by atoms with Gasteiger partial charge in [0.2, 0.25) is 5.91 Å². The number of rotatable bonds is 14. The molecule has 0 aliphatic carbocycles. The Balaban J connectivity index is 1.35. The molecule has 12 bridgehead atoms. The number of carbonyl (C=O) groups excluding carboxylic acids is 10. The summed E-state index contributed by atoms with van der Waals surface area (Å²) in [6.07, 6.45) is 3.10. The monoisotopic (exact) mass is 1380 g/mol. The summed E-state index contributed by atoms with van der Waals surface area (Å²) < 4.78 is 13.1. The van der Waals surface area contributed by atoms with Crippen molar-refractivity contribution in [3.05, 3.63) is 117 Å². The van der Waals surface area contributed by atoms with Crippen LogP contribution in [-0.2, 0) is 9.59 Å². The van der Waals surface area contributed by atoms with Crippen LogP contribution in [0.2, 0.25) is 0 Å². The van der Waals surface area contributed by atoms with Crippen molar-refractivity contribution in [2.24, 2.45) is 0 Å². The predicted octanol–water partition coefficient (Wildman–Crippen LogP) is 0.999. The molecule has 4 heterocycles. The van der Waals surface area contributed by atoms with Gasteiger partial charge in [-0.3, -0.25) is 62.8 Å². The molecule has 4 aromatic rings. The smallest absolute Gasteiger partial charge is 0.255 e. The number of amides is 9. The number of carbonyl (C=O) groups is 10. The minimum Gasteiger partial charge on any atom is -0.506 e. The highest BCUT2D eigenvalue weighted by atomic mass is 32.1. The molecule has 6 unspecified atom stereocenters. The fourth-order valence-corrected chi connectivity index (χ4v) is 11.8. The molecule has 9 amide bonds. The van der Waals surface area contributed by atoms with Crippen LogP contribution in [0.5, 0.6) is 23.0 Å². The van der Waals surface area contributed by atoms with Crippen LogP contribution >= 0.6 is 12.2 Å². The Morgan fingerprint density at radius 2 is 0.704 bits per heavy atom. The van der Waals surface area contributed by atoms with E-state index in [1.807, 2.05) is 19.6 Å². The second-order valence-electron chi connectivity index (χ2n) is 24.2. The van der Waals surface area contributed by atoms with Crippen LogP contribution in [0.25, 0.3) is 0 Å². The Morgan fingerprint density at radius 3 is 1.01 bits per heavy atom. The Hall–Kier alpha value is -9.56. The van der Waals surface area contributed by atoms with E-state index in [4.69, 9.17) is 12.2 Å². The number of nitrogens with one attached hydrogen (secondary N) is 11. The molecule has 0 fully saturated rings. The highest BCUT2D eigenvalue weighted by Gasteiger charge is 2.28. The molecular weight excluding hydrogens is 1290 g/mol. The summed E-state index contributed by atoms with van der Waals surface area (Å²) in [4.78, 5) is 145. The maximum Gasteiger partial charge on any atom is 0.255 e. The molecule has 29 nitrogen and oxygen atoms in total. The summed E-state index contributed by atoms with van der Waals surface area (Å²) in [7, 11) is 0. The first-order valence-electron chi connectivity index (χ1n) is 33.1. The van der Waals surface area contributed by atoms with Crippen LogP contribution in [0.1, 0.15) is 148 Å².